The molecular weight excluding hydrogens is 280 g/mol. The number of carbonyl (C=O) groups is 1. The van der Waals surface area contributed by atoms with E-state index in [1.165, 1.54) is 11.9 Å². The van der Waals surface area contributed by atoms with E-state index in [0.717, 1.165) is 31.6 Å². The van der Waals surface area contributed by atoms with E-state index in [9.17, 15) is 4.79 Å². The van der Waals surface area contributed by atoms with Gasteiger partial charge in [0.1, 0.15) is 6.33 Å². The van der Waals surface area contributed by atoms with Gasteiger partial charge >= 0.3 is 0 Å². The molecule has 0 aliphatic carbocycles. The van der Waals surface area contributed by atoms with Gasteiger partial charge in [-0.25, -0.2) is 4.98 Å². The first-order valence-electron chi connectivity index (χ1n) is 7.29. The number of hydrogen-bond donors (Lipinski definition) is 3. The molecule has 0 bridgehead atoms. The van der Waals surface area contributed by atoms with Crippen molar-refractivity contribution in [2.24, 2.45) is 5.73 Å². The molecule has 1 saturated heterocycles. The zero-order valence-corrected chi connectivity index (χ0v) is 12.1. The number of nitrogens with zero attached hydrogens (tertiary/aromatic N) is 3. The van der Waals surface area contributed by atoms with Crippen LogP contribution < -0.4 is 16.4 Å². The van der Waals surface area contributed by atoms with Crippen LogP contribution in [-0.2, 0) is 0 Å². The van der Waals surface area contributed by atoms with Gasteiger partial charge in [0.2, 0.25) is 0 Å². The molecule has 1 aromatic heterocycles. The highest BCUT2D eigenvalue weighted by Crippen LogP contribution is 2.27. The van der Waals surface area contributed by atoms with Crippen molar-refractivity contribution in [3.05, 3.63) is 41.9 Å². The second-order valence-electron chi connectivity index (χ2n) is 5.29. The van der Waals surface area contributed by atoms with Crippen LogP contribution in [-0.4, -0.2) is 34.2 Å². The lowest BCUT2D eigenvalue weighted by Gasteiger charge is -2.23. The quantitative estimate of drug-likeness (QED) is 0.782. The fraction of sp³-hybridized carbons (Fsp3) is 0.333. The molecule has 0 unspecified atom stereocenters. The minimum Gasteiger partial charge on any atom is -0.364 e. The number of benzene rings is 1. The third kappa shape index (κ3) is 3.20. The summed E-state index contributed by atoms with van der Waals surface area (Å²) in [5.74, 6) is 0.267. The first kappa shape index (κ1) is 14.4. The summed E-state index contributed by atoms with van der Waals surface area (Å²) in [5, 5.41) is 13.7. The number of aromatic nitrogens is 3. The van der Waals surface area contributed by atoms with E-state index in [0.29, 0.717) is 11.7 Å². The van der Waals surface area contributed by atoms with Crippen molar-refractivity contribution >= 4 is 17.4 Å². The smallest absolute Gasteiger partial charge is 0.273 e. The van der Waals surface area contributed by atoms with E-state index in [2.05, 4.69) is 37.9 Å². The third-order valence-corrected chi connectivity index (χ3v) is 3.84. The molecule has 4 N–H and O–H groups in total. The Kier molecular flexibility index (Phi) is 4.24. The Morgan fingerprint density at radius 3 is 2.64 bits per heavy atom. The first-order chi connectivity index (χ1) is 10.7. The number of nitrogens with two attached hydrogens (primary N) is 1. The molecule has 22 heavy (non-hydrogen) atoms. The van der Waals surface area contributed by atoms with Crippen LogP contribution in [0.4, 0.5) is 11.5 Å². The molecule has 0 saturated carbocycles. The van der Waals surface area contributed by atoms with Crippen LogP contribution in [0.1, 0.15) is 34.8 Å². The molecular formula is C15H18N6O. The number of nitrogens with one attached hydrogen (secondary N) is 2. The molecule has 1 amide bonds. The molecule has 1 aliphatic rings. The van der Waals surface area contributed by atoms with Gasteiger partial charge < -0.3 is 16.4 Å². The maximum atomic E-state index is 11.3. The van der Waals surface area contributed by atoms with Gasteiger partial charge in [-0.05, 0) is 49.5 Å². The predicted molar refractivity (Wildman–Crippen MR) is 82.9 cm³/mol. The van der Waals surface area contributed by atoms with Crippen LogP contribution in [0.2, 0.25) is 0 Å². The summed E-state index contributed by atoms with van der Waals surface area (Å²) in [5.41, 5.74) is 7.46. The molecule has 2 heterocycles. The summed E-state index contributed by atoms with van der Waals surface area (Å²) in [7, 11) is 0. The highest BCUT2D eigenvalue weighted by Gasteiger charge is 2.15. The lowest BCUT2D eigenvalue weighted by molar-refractivity contribution is 0.0995. The Morgan fingerprint density at radius 1 is 1.23 bits per heavy atom. The second kappa shape index (κ2) is 6.48. The largest absolute Gasteiger partial charge is 0.364 e. The van der Waals surface area contributed by atoms with Crippen molar-refractivity contribution in [1.29, 1.82) is 0 Å². The summed E-state index contributed by atoms with van der Waals surface area (Å²) in [6.45, 7) is 2.14. The summed E-state index contributed by atoms with van der Waals surface area (Å²) in [6, 6.07) is 8.17. The molecule has 1 fully saturated rings. The van der Waals surface area contributed by atoms with Gasteiger partial charge in [-0.1, -0.05) is 12.1 Å². The number of rotatable bonds is 4. The van der Waals surface area contributed by atoms with Gasteiger partial charge in [0.05, 0.1) is 0 Å². The number of piperidine rings is 1. The summed E-state index contributed by atoms with van der Waals surface area (Å²) in [6.07, 6.45) is 3.60. The van der Waals surface area contributed by atoms with Gasteiger partial charge in [0.25, 0.3) is 5.91 Å². The van der Waals surface area contributed by atoms with E-state index >= 15 is 0 Å². The Balaban J connectivity index is 1.75. The topological polar surface area (TPSA) is 106 Å². The summed E-state index contributed by atoms with van der Waals surface area (Å²) >= 11 is 0. The average molecular weight is 298 g/mol. The number of hydrogen-bond acceptors (Lipinski definition) is 6. The molecule has 2 aromatic rings. The summed E-state index contributed by atoms with van der Waals surface area (Å²) < 4.78 is 0. The van der Waals surface area contributed by atoms with Gasteiger partial charge in [-0.15, -0.1) is 10.2 Å². The molecule has 114 valence electrons. The number of primary amides is 1. The molecule has 0 radical (unpaired) electrons. The van der Waals surface area contributed by atoms with E-state index in [-0.39, 0.29) is 5.69 Å². The van der Waals surface area contributed by atoms with E-state index < -0.39 is 5.91 Å². The van der Waals surface area contributed by atoms with Crippen LogP contribution in [0.3, 0.4) is 0 Å². The standard InChI is InChI=1S/C15H18N6O/c16-14(22)13-15(18-9-19-21-13)20-12-3-1-10(2-4-12)11-5-7-17-8-6-11/h1-4,9,11,17H,5-8H2,(H2,16,22)(H,18,19,20). The van der Waals surface area contributed by atoms with Crippen molar-refractivity contribution in [3.8, 4) is 0 Å². The van der Waals surface area contributed by atoms with Crippen molar-refractivity contribution in [2.45, 2.75) is 18.8 Å². The van der Waals surface area contributed by atoms with Gasteiger partial charge in [0.15, 0.2) is 11.5 Å². The number of anilines is 2. The fourth-order valence-electron chi connectivity index (χ4n) is 2.66. The molecule has 0 atom stereocenters. The summed E-state index contributed by atoms with van der Waals surface area (Å²) in [4.78, 5) is 15.3. The second-order valence-corrected chi connectivity index (χ2v) is 5.29. The average Bonchev–Trinajstić information content (AvgIpc) is 2.57. The van der Waals surface area contributed by atoms with Gasteiger partial charge in [-0.2, -0.15) is 0 Å². The monoisotopic (exact) mass is 298 g/mol. The van der Waals surface area contributed by atoms with Gasteiger partial charge in [0, 0.05) is 5.69 Å². The van der Waals surface area contributed by atoms with Crippen molar-refractivity contribution in [1.82, 2.24) is 20.5 Å². The van der Waals surface area contributed by atoms with E-state index in [4.69, 9.17) is 5.73 Å². The normalized spacial score (nSPS) is 15.5. The zero-order chi connectivity index (χ0) is 15.4. The number of amides is 1. The molecule has 7 nitrogen and oxygen atoms in total. The molecule has 3 rings (SSSR count). The fourth-order valence-corrected chi connectivity index (χ4v) is 2.66. The van der Waals surface area contributed by atoms with Crippen LogP contribution in [0.25, 0.3) is 0 Å². The Bertz CT molecular complexity index is 651. The third-order valence-electron chi connectivity index (χ3n) is 3.84. The molecule has 0 spiro atoms. The van der Waals surface area contributed by atoms with Crippen molar-refractivity contribution in [3.63, 3.8) is 0 Å². The van der Waals surface area contributed by atoms with Crippen molar-refractivity contribution < 1.29 is 4.79 Å². The van der Waals surface area contributed by atoms with Crippen LogP contribution in [0, 0.1) is 0 Å². The Hall–Kier alpha value is -2.54. The zero-order valence-electron chi connectivity index (χ0n) is 12.1. The maximum absolute atomic E-state index is 11.3. The highest BCUT2D eigenvalue weighted by molar-refractivity contribution is 5.95. The Morgan fingerprint density at radius 2 is 1.95 bits per heavy atom. The lowest BCUT2D eigenvalue weighted by Crippen LogP contribution is -2.26. The number of carbonyl (C=O) groups excluding carboxylic acids is 1. The molecule has 1 aliphatic heterocycles. The molecule has 7 heteroatoms. The van der Waals surface area contributed by atoms with Crippen LogP contribution >= 0.6 is 0 Å². The lowest BCUT2D eigenvalue weighted by atomic mass is 9.90. The maximum Gasteiger partial charge on any atom is 0.273 e. The van der Waals surface area contributed by atoms with Crippen LogP contribution in [0.15, 0.2) is 30.6 Å². The minimum absolute atomic E-state index is 0.0323. The predicted octanol–water partition coefficient (Wildman–Crippen LogP) is 1.18. The van der Waals surface area contributed by atoms with Crippen LogP contribution in [0.5, 0.6) is 0 Å². The minimum atomic E-state index is -0.658. The Labute approximate surface area is 128 Å². The van der Waals surface area contributed by atoms with Gasteiger partial charge in [-0.3, -0.25) is 4.79 Å². The SMILES string of the molecule is NC(=O)c1nncnc1Nc1ccc(C2CCNCC2)cc1. The first-order valence-corrected chi connectivity index (χ1v) is 7.29. The van der Waals surface area contributed by atoms with Crippen molar-refractivity contribution in [2.75, 3.05) is 18.4 Å². The van der Waals surface area contributed by atoms with E-state index in [1.54, 1.807) is 0 Å². The molecule has 1 aromatic carbocycles. The highest BCUT2D eigenvalue weighted by atomic mass is 16.1. The van der Waals surface area contributed by atoms with E-state index in [1.807, 2.05) is 12.1 Å².